The van der Waals surface area contributed by atoms with E-state index in [4.69, 9.17) is 4.74 Å². The first-order valence-corrected chi connectivity index (χ1v) is 7.66. The maximum Gasteiger partial charge on any atom is 0.258 e. The highest BCUT2D eigenvalue weighted by atomic mass is 32.1. The summed E-state index contributed by atoms with van der Waals surface area (Å²) in [5.41, 5.74) is 0.651. The van der Waals surface area contributed by atoms with E-state index in [9.17, 15) is 4.79 Å². The van der Waals surface area contributed by atoms with Gasteiger partial charge in [0.25, 0.3) is 5.91 Å². The lowest BCUT2D eigenvalue weighted by Crippen LogP contribution is -2.30. The Morgan fingerprint density at radius 3 is 2.90 bits per heavy atom. The molecule has 4 heteroatoms. The van der Waals surface area contributed by atoms with Crippen LogP contribution in [-0.2, 0) is 0 Å². The van der Waals surface area contributed by atoms with Crippen molar-refractivity contribution in [2.45, 2.75) is 18.9 Å². The number of rotatable bonds is 3. The van der Waals surface area contributed by atoms with Gasteiger partial charge in [0.1, 0.15) is 5.75 Å². The molecule has 2 aromatic rings. The average Bonchev–Trinajstić information content (AvgIpc) is 3.16. The first-order valence-electron chi connectivity index (χ1n) is 6.78. The van der Waals surface area contributed by atoms with Gasteiger partial charge in [-0.25, -0.2) is 0 Å². The van der Waals surface area contributed by atoms with Crippen molar-refractivity contribution in [3.05, 3.63) is 52.2 Å². The molecule has 0 aliphatic carbocycles. The lowest BCUT2D eigenvalue weighted by molar-refractivity contribution is 0.0734. The Bertz CT molecular complexity index is 594. The van der Waals surface area contributed by atoms with Crippen molar-refractivity contribution in [1.82, 2.24) is 4.90 Å². The van der Waals surface area contributed by atoms with Crippen LogP contribution in [0.3, 0.4) is 0 Å². The maximum atomic E-state index is 12.8. The molecule has 1 amide bonds. The molecule has 3 rings (SSSR count). The second-order valence-electron chi connectivity index (χ2n) is 4.87. The van der Waals surface area contributed by atoms with E-state index in [-0.39, 0.29) is 11.9 Å². The van der Waals surface area contributed by atoms with Gasteiger partial charge >= 0.3 is 0 Å². The van der Waals surface area contributed by atoms with E-state index in [0.717, 1.165) is 19.4 Å². The van der Waals surface area contributed by atoms with Crippen molar-refractivity contribution in [1.29, 1.82) is 0 Å². The zero-order valence-corrected chi connectivity index (χ0v) is 12.2. The monoisotopic (exact) mass is 287 g/mol. The van der Waals surface area contributed by atoms with Gasteiger partial charge in [-0.05, 0) is 36.4 Å². The van der Waals surface area contributed by atoms with Gasteiger partial charge in [-0.2, -0.15) is 0 Å². The third kappa shape index (κ3) is 2.31. The van der Waals surface area contributed by atoms with Gasteiger partial charge in [-0.15, -0.1) is 11.3 Å². The van der Waals surface area contributed by atoms with E-state index in [2.05, 4.69) is 11.4 Å². The Hall–Kier alpha value is -1.81. The number of likely N-dealkylation sites (tertiary alicyclic amines) is 1. The first-order chi connectivity index (χ1) is 9.81. The molecule has 1 aromatic carbocycles. The van der Waals surface area contributed by atoms with E-state index in [1.807, 2.05) is 35.2 Å². The smallest absolute Gasteiger partial charge is 0.258 e. The normalized spacial score (nSPS) is 18.2. The highest BCUT2D eigenvalue weighted by Crippen LogP contribution is 2.36. The molecule has 20 heavy (non-hydrogen) atoms. The number of para-hydroxylation sites is 1. The molecule has 2 heterocycles. The molecule has 3 nitrogen and oxygen atoms in total. The topological polar surface area (TPSA) is 29.5 Å². The van der Waals surface area contributed by atoms with Gasteiger partial charge in [-0.1, -0.05) is 18.2 Å². The van der Waals surface area contributed by atoms with Crippen molar-refractivity contribution < 1.29 is 9.53 Å². The zero-order chi connectivity index (χ0) is 13.9. The molecular formula is C16H17NO2S. The number of thiophene rings is 1. The summed E-state index contributed by atoms with van der Waals surface area (Å²) in [5, 5.41) is 2.07. The molecule has 1 aliphatic heterocycles. The van der Waals surface area contributed by atoms with Crippen LogP contribution in [0.15, 0.2) is 41.8 Å². The van der Waals surface area contributed by atoms with Crippen LogP contribution in [0.1, 0.15) is 34.1 Å². The second-order valence-corrected chi connectivity index (χ2v) is 5.85. The summed E-state index contributed by atoms with van der Waals surface area (Å²) in [5.74, 6) is 0.715. The fraction of sp³-hybridized carbons (Fsp3) is 0.312. The van der Waals surface area contributed by atoms with Gasteiger partial charge in [0.05, 0.1) is 18.7 Å². The molecular weight excluding hydrogens is 270 g/mol. The fourth-order valence-corrected chi connectivity index (χ4v) is 3.64. The van der Waals surface area contributed by atoms with E-state index in [1.165, 1.54) is 4.88 Å². The molecule has 0 radical (unpaired) electrons. The van der Waals surface area contributed by atoms with Gasteiger partial charge in [0, 0.05) is 11.4 Å². The Balaban J connectivity index is 1.90. The summed E-state index contributed by atoms with van der Waals surface area (Å²) in [6.07, 6.45) is 2.10. The standard InChI is InChI=1S/C16H17NO2S/c1-19-14-8-3-2-6-12(14)16(18)17-10-4-7-13(17)15-9-5-11-20-15/h2-3,5-6,8-9,11,13H,4,7,10H2,1H3/t13-/m0/s1. The summed E-state index contributed by atoms with van der Waals surface area (Å²) in [4.78, 5) is 16.0. The van der Waals surface area contributed by atoms with E-state index >= 15 is 0 Å². The van der Waals surface area contributed by atoms with Gasteiger partial charge < -0.3 is 9.64 Å². The first kappa shape index (κ1) is 13.2. The molecule has 0 saturated carbocycles. The summed E-state index contributed by atoms with van der Waals surface area (Å²) in [7, 11) is 1.60. The second kappa shape index (κ2) is 5.67. The average molecular weight is 287 g/mol. The molecule has 0 N–H and O–H groups in total. The Kier molecular flexibility index (Phi) is 3.74. The fourth-order valence-electron chi connectivity index (χ4n) is 2.76. The predicted octanol–water partition coefficient (Wildman–Crippen LogP) is 3.73. The van der Waals surface area contributed by atoms with Crippen LogP contribution in [0.2, 0.25) is 0 Å². The van der Waals surface area contributed by atoms with E-state index in [0.29, 0.717) is 11.3 Å². The summed E-state index contributed by atoms with van der Waals surface area (Å²) < 4.78 is 5.31. The van der Waals surface area contributed by atoms with Gasteiger partial charge in [0.15, 0.2) is 0 Å². The predicted molar refractivity (Wildman–Crippen MR) is 80.3 cm³/mol. The molecule has 1 aromatic heterocycles. The highest BCUT2D eigenvalue weighted by Gasteiger charge is 2.32. The van der Waals surface area contributed by atoms with Crippen molar-refractivity contribution in [2.24, 2.45) is 0 Å². The maximum absolute atomic E-state index is 12.8. The number of ether oxygens (including phenoxy) is 1. The molecule has 1 saturated heterocycles. The Morgan fingerprint density at radius 2 is 2.15 bits per heavy atom. The lowest BCUT2D eigenvalue weighted by Gasteiger charge is -2.24. The SMILES string of the molecule is COc1ccccc1C(=O)N1CCC[C@H]1c1cccs1. The van der Waals surface area contributed by atoms with Crippen molar-refractivity contribution in [2.75, 3.05) is 13.7 Å². The largest absolute Gasteiger partial charge is 0.496 e. The minimum atomic E-state index is 0.0679. The van der Waals surface area contributed by atoms with Crippen LogP contribution in [0.25, 0.3) is 0 Å². The van der Waals surface area contributed by atoms with Crippen molar-refractivity contribution in [3.63, 3.8) is 0 Å². The number of methoxy groups -OCH3 is 1. The molecule has 0 bridgehead atoms. The molecule has 104 valence electrons. The third-order valence-electron chi connectivity index (χ3n) is 3.72. The van der Waals surface area contributed by atoms with Gasteiger partial charge in [0.2, 0.25) is 0 Å². The molecule has 1 atom stereocenters. The highest BCUT2D eigenvalue weighted by molar-refractivity contribution is 7.10. The summed E-state index contributed by atoms with van der Waals surface area (Å²) in [6, 6.07) is 11.8. The van der Waals surface area contributed by atoms with Crippen LogP contribution < -0.4 is 4.74 Å². The number of nitrogens with zero attached hydrogens (tertiary/aromatic N) is 1. The Morgan fingerprint density at radius 1 is 1.30 bits per heavy atom. The summed E-state index contributed by atoms with van der Waals surface area (Å²) in [6.45, 7) is 0.819. The number of hydrogen-bond donors (Lipinski definition) is 0. The van der Waals surface area contributed by atoms with Crippen LogP contribution in [0, 0.1) is 0 Å². The minimum absolute atomic E-state index is 0.0679. The van der Waals surface area contributed by atoms with Crippen molar-refractivity contribution >= 4 is 17.2 Å². The minimum Gasteiger partial charge on any atom is -0.496 e. The quantitative estimate of drug-likeness (QED) is 0.860. The van der Waals surface area contributed by atoms with Crippen molar-refractivity contribution in [3.8, 4) is 5.75 Å². The van der Waals surface area contributed by atoms with Crippen LogP contribution in [0.4, 0.5) is 0 Å². The Labute approximate surface area is 122 Å². The van der Waals surface area contributed by atoms with E-state index in [1.54, 1.807) is 18.4 Å². The number of hydrogen-bond acceptors (Lipinski definition) is 3. The summed E-state index contributed by atoms with van der Waals surface area (Å²) >= 11 is 1.72. The molecule has 0 unspecified atom stereocenters. The lowest BCUT2D eigenvalue weighted by atomic mass is 10.1. The zero-order valence-electron chi connectivity index (χ0n) is 11.4. The van der Waals surface area contributed by atoms with E-state index < -0.39 is 0 Å². The van der Waals surface area contributed by atoms with Crippen LogP contribution in [-0.4, -0.2) is 24.5 Å². The third-order valence-corrected chi connectivity index (χ3v) is 4.70. The number of benzene rings is 1. The number of amides is 1. The number of carbonyl (C=O) groups excluding carboxylic acids is 1. The number of carbonyl (C=O) groups is 1. The van der Waals surface area contributed by atoms with Crippen LogP contribution in [0.5, 0.6) is 5.75 Å². The van der Waals surface area contributed by atoms with Crippen LogP contribution >= 0.6 is 11.3 Å². The molecule has 1 fully saturated rings. The molecule has 1 aliphatic rings. The van der Waals surface area contributed by atoms with Gasteiger partial charge in [-0.3, -0.25) is 4.79 Å². The molecule has 0 spiro atoms.